The molecule has 2 rings (SSSR count). The van der Waals surface area contributed by atoms with E-state index in [0.717, 1.165) is 31.2 Å². The van der Waals surface area contributed by atoms with Crippen LogP contribution in [0, 0.1) is 19.8 Å². The first-order chi connectivity index (χ1) is 9.54. The Labute approximate surface area is 122 Å². The molecule has 0 atom stereocenters. The molecule has 0 bridgehead atoms. The van der Waals surface area contributed by atoms with Crippen LogP contribution in [-0.4, -0.2) is 16.1 Å². The molecule has 108 valence electrons. The number of aryl methyl sites for hydroxylation is 4. The van der Waals surface area contributed by atoms with Crippen LogP contribution in [0.2, 0.25) is 0 Å². The summed E-state index contributed by atoms with van der Waals surface area (Å²) in [6, 6.07) is 8.71. The summed E-state index contributed by atoms with van der Waals surface area (Å²) in [5.41, 5.74) is 3.77. The van der Waals surface area contributed by atoms with E-state index < -0.39 is 0 Å². The second-order valence-electron chi connectivity index (χ2n) is 5.91. The molecule has 3 heteroatoms. The Balaban J connectivity index is 2.01. The van der Waals surface area contributed by atoms with Crippen LogP contribution in [0.4, 0.5) is 5.95 Å². The van der Waals surface area contributed by atoms with Gasteiger partial charge in [0.05, 0.1) is 5.69 Å². The van der Waals surface area contributed by atoms with Gasteiger partial charge in [0.1, 0.15) is 0 Å². The third-order valence-electron chi connectivity index (χ3n) is 3.29. The maximum absolute atomic E-state index is 4.56. The normalized spacial score (nSPS) is 11.1. The maximum Gasteiger partial charge on any atom is 0.203 e. The number of anilines is 1. The number of imidazole rings is 1. The van der Waals surface area contributed by atoms with Gasteiger partial charge in [0.25, 0.3) is 0 Å². The number of nitrogens with one attached hydrogen (secondary N) is 1. The van der Waals surface area contributed by atoms with Gasteiger partial charge in [-0.2, -0.15) is 0 Å². The predicted octanol–water partition coefficient (Wildman–Crippen LogP) is 3.81. The molecule has 0 aliphatic heterocycles. The summed E-state index contributed by atoms with van der Waals surface area (Å²) in [6.45, 7) is 10.5. The Morgan fingerprint density at radius 1 is 1.25 bits per heavy atom. The van der Waals surface area contributed by atoms with E-state index in [1.807, 2.05) is 6.92 Å². The number of benzene rings is 1. The fraction of sp³-hybridized carbons (Fsp3) is 0.471. The van der Waals surface area contributed by atoms with Gasteiger partial charge < -0.3 is 9.88 Å². The summed E-state index contributed by atoms with van der Waals surface area (Å²) in [5, 5.41) is 3.43. The van der Waals surface area contributed by atoms with Crippen LogP contribution in [0.15, 0.2) is 30.5 Å². The smallest absolute Gasteiger partial charge is 0.203 e. The summed E-state index contributed by atoms with van der Waals surface area (Å²) in [6.07, 6.45) is 3.16. The summed E-state index contributed by atoms with van der Waals surface area (Å²) in [4.78, 5) is 4.56. The van der Waals surface area contributed by atoms with Crippen LogP contribution in [0.3, 0.4) is 0 Å². The Bertz CT molecular complexity index is 555. The second kappa shape index (κ2) is 6.60. The first-order valence-electron chi connectivity index (χ1n) is 7.38. The SMILES string of the molecule is Cc1cccc(CCn2cc(C)nc2NCC(C)C)c1. The molecule has 0 saturated heterocycles. The highest BCUT2D eigenvalue weighted by atomic mass is 15.2. The zero-order chi connectivity index (χ0) is 14.5. The van der Waals surface area contributed by atoms with Crippen LogP contribution in [0.25, 0.3) is 0 Å². The van der Waals surface area contributed by atoms with E-state index in [4.69, 9.17) is 0 Å². The van der Waals surface area contributed by atoms with Gasteiger partial charge in [-0.15, -0.1) is 0 Å². The van der Waals surface area contributed by atoms with Crippen LogP contribution in [0.1, 0.15) is 30.7 Å². The average molecular weight is 271 g/mol. The van der Waals surface area contributed by atoms with Crippen molar-refractivity contribution in [2.45, 2.75) is 40.7 Å². The molecule has 0 amide bonds. The van der Waals surface area contributed by atoms with Crippen LogP contribution >= 0.6 is 0 Å². The molecule has 0 fully saturated rings. The lowest BCUT2D eigenvalue weighted by Crippen LogP contribution is -2.13. The molecule has 2 aromatic rings. The predicted molar refractivity (Wildman–Crippen MR) is 85.2 cm³/mol. The molecule has 1 aromatic carbocycles. The fourth-order valence-electron chi connectivity index (χ4n) is 2.27. The van der Waals surface area contributed by atoms with Crippen LogP contribution < -0.4 is 5.32 Å². The van der Waals surface area contributed by atoms with Gasteiger partial charge >= 0.3 is 0 Å². The van der Waals surface area contributed by atoms with Crippen molar-refractivity contribution in [1.29, 1.82) is 0 Å². The molecule has 0 aliphatic rings. The highest BCUT2D eigenvalue weighted by Gasteiger charge is 2.06. The molecular weight excluding hydrogens is 246 g/mol. The minimum Gasteiger partial charge on any atom is -0.355 e. The molecule has 1 aromatic heterocycles. The third kappa shape index (κ3) is 4.12. The zero-order valence-electron chi connectivity index (χ0n) is 13.0. The second-order valence-corrected chi connectivity index (χ2v) is 5.91. The highest BCUT2D eigenvalue weighted by molar-refractivity contribution is 5.29. The largest absolute Gasteiger partial charge is 0.355 e. The molecule has 0 saturated carbocycles. The average Bonchev–Trinajstić information content (AvgIpc) is 2.74. The lowest BCUT2D eigenvalue weighted by molar-refractivity contribution is 0.660. The number of rotatable bonds is 6. The van der Waals surface area contributed by atoms with Crippen molar-refractivity contribution in [2.24, 2.45) is 5.92 Å². The Morgan fingerprint density at radius 2 is 2.05 bits per heavy atom. The monoisotopic (exact) mass is 271 g/mol. The van der Waals surface area contributed by atoms with E-state index in [0.29, 0.717) is 5.92 Å². The quantitative estimate of drug-likeness (QED) is 0.866. The Morgan fingerprint density at radius 3 is 2.75 bits per heavy atom. The van der Waals surface area contributed by atoms with E-state index in [-0.39, 0.29) is 0 Å². The van der Waals surface area contributed by atoms with Crippen molar-refractivity contribution < 1.29 is 0 Å². The van der Waals surface area contributed by atoms with Crippen molar-refractivity contribution in [3.8, 4) is 0 Å². The van der Waals surface area contributed by atoms with Crippen molar-refractivity contribution in [2.75, 3.05) is 11.9 Å². The van der Waals surface area contributed by atoms with E-state index in [1.165, 1.54) is 11.1 Å². The summed E-state index contributed by atoms with van der Waals surface area (Å²) < 4.78 is 2.22. The summed E-state index contributed by atoms with van der Waals surface area (Å²) in [5.74, 6) is 1.61. The van der Waals surface area contributed by atoms with Gasteiger partial charge in [0.15, 0.2) is 0 Å². The van der Waals surface area contributed by atoms with E-state index in [2.05, 4.69) is 66.1 Å². The molecule has 20 heavy (non-hydrogen) atoms. The van der Waals surface area contributed by atoms with E-state index in [1.54, 1.807) is 0 Å². The number of aromatic nitrogens is 2. The van der Waals surface area contributed by atoms with Crippen LogP contribution in [0.5, 0.6) is 0 Å². The zero-order valence-corrected chi connectivity index (χ0v) is 13.0. The first kappa shape index (κ1) is 14.6. The molecule has 0 spiro atoms. The van der Waals surface area contributed by atoms with Crippen molar-refractivity contribution in [3.63, 3.8) is 0 Å². The van der Waals surface area contributed by atoms with Gasteiger partial charge in [-0.3, -0.25) is 0 Å². The summed E-state index contributed by atoms with van der Waals surface area (Å²) in [7, 11) is 0. The molecule has 1 heterocycles. The molecule has 0 unspecified atom stereocenters. The third-order valence-corrected chi connectivity index (χ3v) is 3.29. The van der Waals surface area contributed by atoms with Gasteiger partial charge in [-0.05, 0) is 31.7 Å². The topological polar surface area (TPSA) is 29.9 Å². The molecule has 3 nitrogen and oxygen atoms in total. The van der Waals surface area contributed by atoms with Crippen LogP contribution in [-0.2, 0) is 13.0 Å². The number of nitrogens with zero attached hydrogens (tertiary/aromatic N) is 2. The number of hydrogen-bond donors (Lipinski definition) is 1. The standard InChI is InChI=1S/C17H25N3/c1-13(2)11-18-17-19-15(4)12-20(17)9-8-16-7-5-6-14(3)10-16/h5-7,10,12-13H,8-9,11H2,1-4H3,(H,18,19). The summed E-state index contributed by atoms with van der Waals surface area (Å²) >= 11 is 0. The van der Waals surface area contributed by atoms with Crippen molar-refractivity contribution in [3.05, 3.63) is 47.3 Å². The molecular formula is C17H25N3. The number of hydrogen-bond acceptors (Lipinski definition) is 2. The lowest BCUT2D eigenvalue weighted by atomic mass is 10.1. The highest BCUT2D eigenvalue weighted by Crippen LogP contribution is 2.12. The van der Waals surface area contributed by atoms with Gasteiger partial charge in [-0.25, -0.2) is 4.98 Å². The van der Waals surface area contributed by atoms with E-state index in [9.17, 15) is 0 Å². The van der Waals surface area contributed by atoms with Crippen molar-refractivity contribution in [1.82, 2.24) is 9.55 Å². The maximum atomic E-state index is 4.56. The molecule has 0 radical (unpaired) electrons. The van der Waals surface area contributed by atoms with Gasteiger partial charge in [0, 0.05) is 19.3 Å². The minimum absolute atomic E-state index is 0.622. The van der Waals surface area contributed by atoms with Gasteiger partial charge in [0.2, 0.25) is 5.95 Å². The van der Waals surface area contributed by atoms with Gasteiger partial charge in [-0.1, -0.05) is 43.7 Å². The lowest BCUT2D eigenvalue weighted by Gasteiger charge is -2.11. The molecule has 1 N–H and O–H groups in total. The molecule has 0 aliphatic carbocycles. The first-order valence-corrected chi connectivity index (χ1v) is 7.38. The minimum atomic E-state index is 0.622. The van der Waals surface area contributed by atoms with Crippen molar-refractivity contribution >= 4 is 5.95 Å². The Hall–Kier alpha value is -1.77. The van der Waals surface area contributed by atoms with E-state index >= 15 is 0 Å². The fourth-order valence-corrected chi connectivity index (χ4v) is 2.27. The Kier molecular flexibility index (Phi) is 4.83.